The maximum absolute atomic E-state index is 7.87. The number of nitrogens with one attached hydrogen (secondary N) is 1. The molecule has 0 spiro atoms. The van der Waals surface area contributed by atoms with Gasteiger partial charge in [-0.2, -0.15) is 0 Å². The predicted octanol–water partition coefficient (Wildman–Crippen LogP) is 2.27. The first kappa shape index (κ1) is 8.06. The lowest BCUT2D eigenvalue weighted by molar-refractivity contribution is 0.414. The van der Waals surface area contributed by atoms with E-state index in [-0.39, 0.29) is 0 Å². The van der Waals surface area contributed by atoms with E-state index in [9.17, 15) is 0 Å². The molecule has 2 nitrogen and oxygen atoms in total. The summed E-state index contributed by atoms with van der Waals surface area (Å²) < 4.78 is 7.87. The van der Waals surface area contributed by atoms with Crippen molar-refractivity contribution in [3.63, 3.8) is 0 Å². The van der Waals surface area contributed by atoms with Crippen LogP contribution in [0.3, 0.4) is 0 Å². The van der Waals surface area contributed by atoms with Crippen LogP contribution < -0.4 is 0 Å². The van der Waals surface area contributed by atoms with Crippen molar-refractivity contribution in [1.82, 2.24) is 9.88 Å². The number of fused-ring (bicyclic) bond motifs is 1. The van der Waals surface area contributed by atoms with Crippen LogP contribution in [0, 0.1) is 0 Å². The zero-order valence-electron chi connectivity index (χ0n) is 9.67. The number of aromatic nitrogens is 1. The number of rotatable bonds is 3. The van der Waals surface area contributed by atoms with Crippen LogP contribution >= 0.6 is 0 Å². The second-order valence-electron chi connectivity index (χ2n) is 3.83. The second kappa shape index (κ2) is 3.84. The first-order chi connectivity index (χ1) is 7.18. The van der Waals surface area contributed by atoms with Gasteiger partial charge < -0.3 is 9.88 Å². The number of hydrogen-bond donors (Lipinski definition) is 1. The number of likely N-dealkylation sites (N-methyl/N-ethyl adjacent to an activating group) is 1. The van der Waals surface area contributed by atoms with E-state index in [4.69, 9.17) is 1.37 Å². The Balaban J connectivity index is 2.35. The molecule has 1 aromatic carbocycles. The largest absolute Gasteiger partial charge is 0.361 e. The van der Waals surface area contributed by atoms with Crippen LogP contribution in [-0.4, -0.2) is 30.5 Å². The summed E-state index contributed by atoms with van der Waals surface area (Å²) in [5.41, 5.74) is 2.31. The molecule has 0 bridgehead atoms. The van der Waals surface area contributed by atoms with Crippen molar-refractivity contribution in [2.24, 2.45) is 0 Å². The van der Waals surface area contributed by atoms with Gasteiger partial charge in [0.1, 0.15) is 0 Å². The molecule has 2 heteroatoms. The molecule has 2 rings (SSSR count). The molecule has 1 heterocycles. The van der Waals surface area contributed by atoms with Crippen LogP contribution in [0.5, 0.6) is 0 Å². The first-order valence-corrected chi connectivity index (χ1v) is 4.89. The normalized spacial score (nSPS) is 12.4. The second-order valence-corrected chi connectivity index (χ2v) is 3.83. The highest BCUT2D eigenvalue weighted by molar-refractivity contribution is 5.83. The summed E-state index contributed by atoms with van der Waals surface area (Å²) in [7, 11) is 4.13. The molecule has 0 unspecified atom stereocenters. The van der Waals surface area contributed by atoms with Crippen molar-refractivity contribution in [3.8, 4) is 0 Å². The van der Waals surface area contributed by atoms with Crippen molar-refractivity contribution in [2.75, 3.05) is 20.6 Å². The summed E-state index contributed by atoms with van der Waals surface area (Å²) in [5, 5.41) is 1.07. The third kappa shape index (κ3) is 1.80. The zero-order chi connectivity index (χ0) is 10.8. The highest BCUT2D eigenvalue weighted by atomic mass is 15.0. The Morgan fingerprint density at radius 1 is 1.43 bits per heavy atom. The van der Waals surface area contributed by atoms with E-state index in [2.05, 4.69) is 24.0 Å². The van der Waals surface area contributed by atoms with Gasteiger partial charge in [-0.1, -0.05) is 18.2 Å². The van der Waals surface area contributed by atoms with E-state index in [0.29, 0.717) is 6.04 Å². The zero-order valence-corrected chi connectivity index (χ0v) is 8.67. The molecule has 0 aliphatic carbocycles. The van der Waals surface area contributed by atoms with E-state index in [1.54, 1.807) is 0 Å². The Morgan fingerprint density at radius 3 is 3.07 bits per heavy atom. The van der Waals surface area contributed by atoms with Gasteiger partial charge in [-0.25, -0.2) is 0 Å². The van der Waals surface area contributed by atoms with Gasteiger partial charge in [-0.15, -0.1) is 0 Å². The van der Waals surface area contributed by atoms with Gasteiger partial charge in [0.25, 0.3) is 0 Å². The molecule has 1 aromatic heterocycles. The standard InChI is InChI=1S/C12H16N2/c1-14(2)8-7-10-9-13-12-6-4-3-5-11(10)12/h3-6,9,13H,7-8H2,1-2H3/i5D. The molecular weight excluding hydrogens is 172 g/mol. The van der Waals surface area contributed by atoms with Crippen molar-refractivity contribution in [1.29, 1.82) is 0 Å². The number of para-hydroxylation sites is 1. The molecule has 74 valence electrons. The SMILES string of the molecule is [2H]c1cccc2[nH]cc(CCN(C)C)c12. The summed E-state index contributed by atoms with van der Waals surface area (Å²) in [6.45, 7) is 1.02. The summed E-state index contributed by atoms with van der Waals surface area (Å²) in [4.78, 5) is 5.37. The van der Waals surface area contributed by atoms with Gasteiger partial charge in [0.05, 0.1) is 1.37 Å². The molecule has 0 radical (unpaired) electrons. The van der Waals surface area contributed by atoms with Crippen molar-refractivity contribution in [3.05, 3.63) is 36.0 Å². The van der Waals surface area contributed by atoms with Crippen LogP contribution in [0.25, 0.3) is 10.9 Å². The quantitative estimate of drug-likeness (QED) is 0.784. The molecular formula is C12H16N2. The molecule has 14 heavy (non-hydrogen) atoms. The number of H-pyrrole nitrogens is 1. The van der Waals surface area contributed by atoms with Crippen molar-refractivity contribution >= 4 is 10.9 Å². The number of benzene rings is 1. The molecule has 0 fully saturated rings. The van der Waals surface area contributed by atoms with Crippen molar-refractivity contribution < 1.29 is 1.37 Å². The summed E-state index contributed by atoms with van der Waals surface area (Å²) in [6.07, 6.45) is 3.01. The summed E-state index contributed by atoms with van der Waals surface area (Å²) >= 11 is 0. The van der Waals surface area contributed by atoms with Gasteiger partial charge in [0.2, 0.25) is 0 Å². The number of aromatic amines is 1. The molecule has 0 aliphatic heterocycles. The van der Waals surface area contributed by atoms with Gasteiger partial charge in [-0.05, 0) is 32.1 Å². The van der Waals surface area contributed by atoms with Crippen LogP contribution in [0.2, 0.25) is 0 Å². The predicted molar refractivity (Wildman–Crippen MR) is 60.6 cm³/mol. The fraction of sp³-hybridized carbons (Fsp3) is 0.333. The van der Waals surface area contributed by atoms with E-state index >= 15 is 0 Å². The minimum absolute atomic E-state index is 0.613. The lowest BCUT2D eigenvalue weighted by Crippen LogP contribution is -2.14. The minimum Gasteiger partial charge on any atom is -0.361 e. The first-order valence-electron chi connectivity index (χ1n) is 5.39. The van der Waals surface area contributed by atoms with E-state index < -0.39 is 0 Å². The monoisotopic (exact) mass is 189 g/mol. The van der Waals surface area contributed by atoms with Gasteiger partial charge in [0.15, 0.2) is 0 Å². The number of hydrogen-bond acceptors (Lipinski definition) is 1. The lowest BCUT2D eigenvalue weighted by Gasteiger charge is -2.07. The number of nitrogens with zero attached hydrogens (tertiary/aromatic N) is 1. The molecule has 0 saturated heterocycles. The Morgan fingerprint density at radius 2 is 2.29 bits per heavy atom. The molecule has 0 aliphatic rings. The third-order valence-electron chi connectivity index (χ3n) is 2.41. The maximum atomic E-state index is 7.87. The Hall–Kier alpha value is -1.28. The lowest BCUT2D eigenvalue weighted by atomic mass is 10.1. The summed E-state index contributed by atoms with van der Waals surface area (Å²) in [6, 6.07) is 6.39. The maximum Gasteiger partial charge on any atom is 0.0630 e. The summed E-state index contributed by atoms with van der Waals surface area (Å²) in [5.74, 6) is 0. The smallest absolute Gasteiger partial charge is 0.0630 e. The average molecular weight is 189 g/mol. The molecule has 2 aromatic rings. The van der Waals surface area contributed by atoms with E-state index in [0.717, 1.165) is 23.9 Å². The van der Waals surface area contributed by atoms with Crippen LogP contribution in [0.1, 0.15) is 6.93 Å². The minimum atomic E-state index is 0.613. The van der Waals surface area contributed by atoms with Crippen molar-refractivity contribution in [2.45, 2.75) is 6.42 Å². The van der Waals surface area contributed by atoms with Gasteiger partial charge >= 0.3 is 0 Å². The third-order valence-corrected chi connectivity index (χ3v) is 2.41. The van der Waals surface area contributed by atoms with Gasteiger partial charge in [0, 0.05) is 23.6 Å². The Bertz CT molecular complexity index is 460. The topological polar surface area (TPSA) is 19.0 Å². The van der Waals surface area contributed by atoms with E-state index in [1.165, 1.54) is 5.56 Å². The van der Waals surface area contributed by atoms with E-state index in [1.807, 2.05) is 24.4 Å². The highest BCUT2D eigenvalue weighted by Crippen LogP contribution is 2.17. The fourth-order valence-electron chi connectivity index (χ4n) is 1.60. The van der Waals surface area contributed by atoms with Gasteiger partial charge in [-0.3, -0.25) is 0 Å². The molecule has 0 atom stereocenters. The Kier molecular flexibility index (Phi) is 2.21. The molecule has 0 amide bonds. The molecule has 1 N–H and O–H groups in total. The average Bonchev–Trinajstić information content (AvgIpc) is 2.59. The molecule has 0 saturated carbocycles. The highest BCUT2D eigenvalue weighted by Gasteiger charge is 2.02. The fourth-order valence-corrected chi connectivity index (χ4v) is 1.60. The van der Waals surface area contributed by atoms with Crippen LogP contribution in [0.4, 0.5) is 0 Å². The van der Waals surface area contributed by atoms with Crippen LogP contribution in [-0.2, 0) is 6.42 Å². The Labute approximate surface area is 85.9 Å². The van der Waals surface area contributed by atoms with Crippen LogP contribution in [0.15, 0.2) is 30.4 Å².